The second-order valence-corrected chi connectivity index (χ2v) is 5.71. The number of sulfonamides is 1. The Labute approximate surface area is 106 Å². The first-order chi connectivity index (χ1) is 8.50. The van der Waals surface area contributed by atoms with E-state index in [4.69, 9.17) is 0 Å². The topological polar surface area (TPSA) is 102 Å². The van der Waals surface area contributed by atoms with E-state index in [1.54, 1.807) is 5.38 Å². The SMILES string of the molecule is O=[N+]([O-])c1ccccc1S(=O)(=O)Nc1nccs1. The Morgan fingerprint density at radius 3 is 2.67 bits per heavy atom. The summed E-state index contributed by atoms with van der Waals surface area (Å²) in [5, 5.41) is 12.5. The minimum absolute atomic E-state index is 0.160. The summed E-state index contributed by atoms with van der Waals surface area (Å²) in [4.78, 5) is 13.4. The largest absolute Gasteiger partial charge is 0.289 e. The summed E-state index contributed by atoms with van der Waals surface area (Å²) in [6.45, 7) is 0. The second kappa shape index (κ2) is 4.70. The molecule has 1 aromatic heterocycles. The van der Waals surface area contributed by atoms with Crippen molar-refractivity contribution in [3.8, 4) is 0 Å². The van der Waals surface area contributed by atoms with Gasteiger partial charge in [-0.05, 0) is 6.07 Å². The smallest absolute Gasteiger partial charge is 0.258 e. The summed E-state index contributed by atoms with van der Waals surface area (Å²) >= 11 is 1.09. The number of anilines is 1. The molecule has 0 bridgehead atoms. The maximum atomic E-state index is 12.0. The van der Waals surface area contributed by atoms with Gasteiger partial charge in [0.05, 0.1) is 4.92 Å². The maximum Gasteiger partial charge on any atom is 0.289 e. The first-order valence-corrected chi connectivity index (χ1v) is 7.03. The molecule has 0 aliphatic heterocycles. The molecule has 2 rings (SSSR count). The lowest BCUT2D eigenvalue weighted by Crippen LogP contribution is -2.14. The van der Waals surface area contributed by atoms with Crippen molar-refractivity contribution in [2.24, 2.45) is 0 Å². The Hall–Kier alpha value is -2.00. The molecule has 0 saturated carbocycles. The van der Waals surface area contributed by atoms with E-state index in [1.807, 2.05) is 0 Å². The van der Waals surface area contributed by atoms with Gasteiger partial charge < -0.3 is 0 Å². The van der Waals surface area contributed by atoms with E-state index in [-0.39, 0.29) is 10.0 Å². The predicted octanol–water partition coefficient (Wildman–Crippen LogP) is 1.85. The fraction of sp³-hybridized carbons (Fsp3) is 0. The number of nitro groups is 1. The van der Waals surface area contributed by atoms with Gasteiger partial charge in [-0.15, -0.1) is 11.3 Å². The molecule has 0 spiro atoms. The second-order valence-electron chi connectivity index (χ2n) is 3.17. The van der Waals surface area contributed by atoms with Crippen molar-refractivity contribution < 1.29 is 13.3 Å². The van der Waals surface area contributed by atoms with Crippen molar-refractivity contribution in [1.82, 2.24) is 4.98 Å². The maximum absolute atomic E-state index is 12.0. The average molecular weight is 285 g/mol. The minimum atomic E-state index is -4.00. The van der Waals surface area contributed by atoms with Gasteiger partial charge in [0, 0.05) is 17.6 Å². The molecular formula is C9H7N3O4S2. The van der Waals surface area contributed by atoms with E-state index in [9.17, 15) is 18.5 Å². The highest BCUT2D eigenvalue weighted by molar-refractivity contribution is 7.93. The fourth-order valence-electron chi connectivity index (χ4n) is 1.28. The molecule has 0 aliphatic carbocycles. The Kier molecular flexibility index (Phi) is 3.26. The Bertz CT molecular complexity index is 667. The van der Waals surface area contributed by atoms with Crippen LogP contribution in [-0.4, -0.2) is 18.3 Å². The molecule has 1 N–H and O–H groups in total. The third kappa shape index (κ3) is 2.46. The quantitative estimate of drug-likeness (QED) is 0.682. The molecule has 18 heavy (non-hydrogen) atoms. The molecule has 9 heteroatoms. The van der Waals surface area contributed by atoms with Crippen LogP contribution in [0, 0.1) is 10.1 Å². The van der Waals surface area contributed by atoms with Gasteiger partial charge in [0.2, 0.25) is 0 Å². The minimum Gasteiger partial charge on any atom is -0.258 e. The van der Waals surface area contributed by atoms with Crippen molar-refractivity contribution in [2.45, 2.75) is 4.90 Å². The lowest BCUT2D eigenvalue weighted by Gasteiger charge is -2.05. The molecule has 0 unspecified atom stereocenters. The van der Waals surface area contributed by atoms with Crippen LogP contribution in [0.2, 0.25) is 0 Å². The number of nitrogens with one attached hydrogen (secondary N) is 1. The van der Waals surface area contributed by atoms with Gasteiger partial charge in [0.25, 0.3) is 15.7 Å². The van der Waals surface area contributed by atoms with Crippen molar-refractivity contribution in [3.05, 3.63) is 46.0 Å². The number of aromatic nitrogens is 1. The molecule has 0 amide bonds. The highest BCUT2D eigenvalue weighted by Crippen LogP contribution is 2.25. The predicted molar refractivity (Wildman–Crippen MR) is 66.0 cm³/mol. The van der Waals surface area contributed by atoms with Crippen LogP contribution in [0.5, 0.6) is 0 Å². The van der Waals surface area contributed by atoms with Gasteiger partial charge in [0.15, 0.2) is 10.0 Å². The van der Waals surface area contributed by atoms with Gasteiger partial charge in [-0.3, -0.25) is 14.8 Å². The Morgan fingerprint density at radius 1 is 1.33 bits per heavy atom. The summed E-state index contributed by atoms with van der Waals surface area (Å²) in [7, 11) is -4.00. The number of rotatable bonds is 4. The van der Waals surface area contributed by atoms with E-state index in [2.05, 4.69) is 9.71 Å². The number of nitrogens with zero attached hydrogens (tertiary/aromatic N) is 2. The molecule has 0 radical (unpaired) electrons. The number of para-hydroxylation sites is 1. The fourth-order valence-corrected chi connectivity index (χ4v) is 3.24. The number of benzene rings is 1. The summed E-state index contributed by atoms with van der Waals surface area (Å²) in [6, 6.07) is 5.13. The van der Waals surface area contributed by atoms with Crippen LogP contribution in [0.15, 0.2) is 40.7 Å². The lowest BCUT2D eigenvalue weighted by molar-refractivity contribution is -0.387. The van der Waals surface area contributed by atoms with Crippen LogP contribution in [0.1, 0.15) is 0 Å². The molecule has 94 valence electrons. The van der Waals surface area contributed by atoms with E-state index >= 15 is 0 Å². The normalized spacial score (nSPS) is 11.1. The Morgan fingerprint density at radius 2 is 2.06 bits per heavy atom. The zero-order valence-electron chi connectivity index (χ0n) is 8.81. The zero-order valence-corrected chi connectivity index (χ0v) is 10.4. The van der Waals surface area contributed by atoms with E-state index in [0.717, 1.165) is 17.4 Å². The van der Waals surface area contributed by atoms with Gasteiger partial charge in [0.1, 0.15) is 0 Å². The summed E-state index contributed by atoms with van der Waals surface area (Å²) in [6.07, 6.45) is 1.43. The van der Waals surface area contributed by atoms with Gasteiger partial charge in [-0.2, -0.15) is 0 Å². The van der Waals surface area contributed by atoms with Crippen LogP contribution in [0.3, 0.4) is 0 Å². The lowest BCUT2D eigenvalue weighted by atomic mass is 10.3. The number of hydrogen-bond donors (Lipinski definition) is 1. The van der Waals surface area contributed by atoms with Crippen molar-refractivity contribution in [1.29, 1.82) is 0 Å². The Balaban J connectivity index is 2.45. The van der Waals surface area contributed by atoms with Gasteiger partial charge in [-0.1, -0.05) is 12.1 Å². The van der Waals surface area contributed by atoms with Crippen LogP contribution >= 0.6 is 11.3 Å². The number of hydrogen-bond acceptors (Lipinski definition) is 6. The molecule has 7 nitrogen and oxygen atoms in total. The van der Waals surface area contributed by atoms with Crippen molar-refractivity contribution >= 4 is 32.2 Å². The first kappa shape index (κ1) is 12.5. The van der Waals surface area contributed by atoms with Crippen LogP contribution < -0.4 is 4.72 Å². The molecule has 1 aromatic carbocycles. The average Bonchev–Trinajstić information content (AvgIpc) is 2.81. The molecule has 2 aromatic rings. The highest BCUT2D eigenvalue weighted by atomic mass is 32.2. The third-order valence-corrected chi connectivity index (χ3v) is 4.21. The monoisotopic (exact) mass is 285 g/mol. The summed E-state index contributed by atoms with van der Waals surface area (Å²) < 4.78 is 26.1. The summed E-state index contributed by atoms with van der Waals surface area (Å²) in [5.41, 5.74) is -0.471. The van der Waals surface area contributed by atoms with E-state index in [1.165, 1.54) is 24.4 Å². The number of nitro benzene ring substituents is 1. The zero-order chi connectivity index (χ0) is 13.2. The first-order valence-electron chi connectivity index (χ1n) is 4.66. The van der Waals surface area contributed by atoms with E-state index in [0.29, 0.717) is 0 Å². The van der Waals surface area contributed by atoms with E-state index < -0.39 is 20.6 Å². The number of thiazole rings is 1. The molecular weight excluding hydrogens is 278 g/mol. The molecule has 0 saturated heterocycles. The summed E-state index contributed by atoms with van der Waals surface area (Å²) in [5.74, 6) is 0. The van der Waals surface area contributed by atoms with Crippen LogP contribution in [0.4, 0.5) is 10.8 Å². The van der Waals surface area contributed by atoms with Crippen LogP contribution in [0.25, 0.3) is 0 Å². The van der Waals surface area contributed by atoms with Crippen molar-refractivity contribution in [3.63, 3.8) is 0 Å². The van der Waals surface area contributed by atoms with Gasteiger partial charge >= 0.3 is 0 Å². The molecule has 1 heterocycles. The van der Waals surface area contributed by atoms with Crippen LogP contribution in [-0.2, 0) is 10.0 Å². The standard InChI is InChI=1S/C9H7N3O4S2/c13-12(14)7-3-1-2-4-8(7)18(15,16)11-9-10-5-6-17-9/h1-6H,(H,10,11). The molecule has 0 fully saturated rings. The third-order valence-electron chi connectivity index (χ3n) is 2.01. The van der Waals surface area contributed by atoms with Gasteiger partial charge in [-0.25, -0.2) is 13.4 Å². The molecule has 0 aliphatic rings. The highest BCUT2D eigenvalue weighted by Gasteiger charge is 2.25. The van der Waals surface area contributed by atoms with Crippen molar-refractivity contribution in [2.75, 3.05) is 4.72 Å². The molecule has 0 atom stereocenters.